The van der Waals surface area contributed by atoms with E-state index in [9.17, 15) is 4.79 Å². The van der Waals surface area contributed by atoms with Gasteiger partial charge in [-0.2, -0.15) is 0 Å². The lowest BCUT2D eigenvalue weighted by Gasteiger charge is -2.60. The number of carbonyl (C=O) groups excluding carboxylic acids is 1. The molecule has 26 heavy (non-hydrogen) atoms. The van der Waals surface area contributed by atoms with E-state index in [0.717, 1.165) is 32.4 Å². The third kappa shape index (κ3) is 3.13. The number of ether oxygens (including phenoxy) is 2. The van der Waals surface area contributed by atoms with Gasteiger partial charge in [0.2, 0.25) is 0 Å². The number of hydrogen-bond donors (Lipinski definition) is 0. The summed E-state index contributed by atoms with van der Waals surface area (Å²) in [6, 6.07) is 10.5. The van der Waals surface area contributed by atoms with Crippen molar-refractivity contribution in [2.24, 2.45) is 5.92 Å². The molecule has 1 aliphatic heterocycles. The Morgan fingerprint density at radius 3 is 2.38 bits per heavy atom. The van der Waals surface area contributed by atoms with Crippen LogP contribution >= 0.6 is 0 Å². The first-order valence-electron chi connectivity index (χ1n) is 9.40. The molecule has 2 aliphatic rings. The highest BCUT2D eigenvalue weighted by atomic mass is 28.4. The number of hydrogen-bond acceptors (Lipinski definition) is 5. The van der Waals surface area contributed by atoms with Gasteiger partial charge in [-0.25, -0.2) is 0 Å². The van der Waals surface area contributed by atoms with Crippen molar-refractivity contribution in [2.75, 3.05) is 20.8 Å². The van der Waals surface area contributed by atoms with Gasteiger partial charge in [-0.05, 0) is 44.5 Å². The van der Waals surface area contributed by atoms with Gasteiger partial charge < -0.3 is 13.9 Å². The Balaban J connectivity index is 1.96. The van der Waals surface area contributed by atoms with Gasteiger partial charge in [-0.1, -0.05) is 30.3 Å². The molecule has 0 aromatic heterocycles. The van der Waals surface area contributed by atoms with E-state index in [4.69, 9.17) is 13.9 Å². The van der Waals surface area contributed by atoms with Crippen molar-refractivity contribution >= 4 is 14.3 Å². The lowest BCUT2D eigenvalue weighted by atomic mass is 9.76. The molecule has 1 spiro atoms. The van der Waals surface area contributed by atoms with Crippen LogP contribution in [0.4, 0.5) is 0 Å². The summed E-state index contributed by atoms with van der Waals surface area (Å²) in [5, 5.41) is 0. The standard InChI is InChI=1S/C20H31NO4Si/c1-23-18(22)17-11-12-19(20(17,24-2)25-26(3,4)5)13-14-21(19)15-16-9-7-6-8-10-16/h6-10,17H,11-15H2,1-5H3. The largest absolute Gasteiger partial charge is 0.469 e. The van der Waals surface area contributed by atoms with E-state index in [1.807, 2.05) is 6.07 Å². The average molecular weight is 378 g/mol. The van der Waals surface area contributed by atoms with Crippen LogP contribution in [0.1, 0.15) is 24.8 Å². The molecule has 0 N–H and O–H groups in total. The van der Waals surface area contributed by atoms with Gasteiger partial charge in [0, 0.05) is 20.2 Å². The molecule has 1 saturated heterocycles. The van der Waals surface area contributed by atoms with E-state index in [1.54, 1.807) is 7.11 Å². The predicted molar refractivity (Wildman–Crippen MR) is 103 cm³/mol. The van der Waals surface area contributed by atoms with Gasteiger partial charge in [-0.3, -0.25) is 9.69 Å². The summed E-state index contributed by atoms with van der Waals surface area (Å²) in [4.78, 5) is 15.0. The Morgan fingerprint density at radius 2 is 1.88 bits per heavy atom. The van der Waals surface area contributed by atoms with Gasteiger partial charge in [-0.15, -0.1) is 0 Å². The third-order valence-electron chi connectivity index (χ3n) is 5.82. The molecule has 3 atom stereocenters. The lowest BCUT2D eigenvalue weighted by molar-refractivity contribution is -0.286. The molecule has 1 aromatic carbocycles. The Morgan fingerprint density at radius 1 is 1.19 bits per heavy atom. The van der Waals surface area contributed by atoms with Crippen LogP contribution in [0.15, 0.2) is 30.3 Å². The lowest BCUT2D eigenvalue weighted by Crippen LogP contribution is -2.74. The minimum atomic E-state index is -1.97. The summed E-state index contributed by atoms with van der Waals surface area (Å²) in [5.74, 6) is -1.55. The first-order valence-corrected chi connectivity index (χ1v) is 12.8. The average Bonchev–Trinajstić information content (AvgIpc) is 2.94. The molecule has 144 valence electrons. The van der Waals surface area contributed by atoms with Crippen LogP contribution < -0.4 is 0 Å². The molecule has 1 aliphatic carbocycles. The molecule has 1 aromatic rings. The second kappa shape index (κ2) is 7.07. The van der Waals surface area contributed by atoms with E-state index in [-0.39, 0.29) is 17.4 Å². The van der Waals surface area contributed by atoms with Gasteiger partial charge >= 0.3 is 5.97 Å². The van der Waals surface area contributed by atoms with Crippen molar-refractivity contribution < 1.29 is 18.7 Å². The molecule has 6 heteroatoms. The van der Waals surface area contributed by atoms with E-state index in [1.165, 1.54) is 12.7 Å². The zero-order valence-electron chi connectivity index (χ0n) is 16.6. The van der Waals surface area contributed by atoms with Crippen molar-refractivity contribution in [3.8, 4) is 0 Å². The van der Waals surface area contributed by atoms with E-state index in [2.05, 4.69) is 48.8 Å². The van der Waals surface area contributed by atoms with Crippen molar-refractivity contribution in [1.82, 2.24) is 4.90 Å². The SMILES string of the molecule is COC(=O)C1CCC2(CCN2Cc2ccccc2)C1(OC)O[Si](C)(C)C. The first kappa shape index (κ1) is 19.5. The fraction of sp³-hybridized carbons (Fsp3) is 0.650. The molecule has 1 saturated carbocycles. The second-order valence-corrected chi connectivity index (χ2v) is 12.8. The van der Waals surface area contributed by atoms with E-state index < -0.39 is 14.1 Å². The smallest absolute Gasteiger partial charge is 0.314 e. The second-order valence-electron chi connectivity index (χ2n) is 8.39. The van der Waals surface area contributed by atoms with Crippen molar-refractivity contribution in [3.05, 3.63) is 35.9 Å². The van der Waals surface area contributed by atoms with Crippen LogP contribution in [0.2, 0.25) is 19.6 Å². The zero-order valence-corrected chi connectivity index (χ0v) is 17.6. The van der Waals surface area contributed by atoms with Crippen LogP contribution in [-0.4, -0.2) is 51.3 Å². The molecule has 0 amide bonds. The molecule has 2 fully saturated rings. The third-order valence-corrected chi connectivity index (χ3v) is 6.73. The van der Waals surface area contributed by atoms with E-state index >= 15 is 0 Å². The summed E-state index contributed by atoms with van der Waals surface area (Å²) in [6.07, 6.45) is 2.60. The Bertz CT molecular complexity index is 647. The van der Waals surface area contributed by atoms with Crippen LogP contribution in [-0.2, 0) is 25.2 Å². The highest BCUT2D eigenvalue weighted by molar-refractivity contribution is 6.69. The van der Waals surface area contributed by atoms with Crippen LogP contribution in [0.25, 0.3) is 0 Å². The maximum Gasteiger partial charge on any atom is 0.314 e. The number of rotatable bonds is 6. The predicted octanol–water partition coefficient (Wildman–Crippen LogP) is 3.41. The number of carbonyl (C=O) groups is 1. The minimum absolute atomic E-state index is 0.228. The van der Waals surface area contributed by atoms with Gasteiger partial charge in [0.05, 0.1) is 12.6 Å². The molecule has 0 radical (unpaired) electrons. The zero-order chi connectivity index (χ0) is 19.0. The van der Waals surface area contributed by atoms with Gasteiger partial charge in [0.1, 0.15) is 5.92 Å². The monoisotopic (exact) mass is 377 g/mol. The number of esters is 1. The summed E-state index contributed by atoms with van der Waals surface area (Å²) in [6.45, 7) is 8.27. The van der Waals surface area contributed by atoms with Crippen molar-refractivity contribution in [2.45, 2.75) is 56.8 Å². The summed E-state index contributed by atoms with van der Waals surface area (Å²) < 4.78 is 17.9. The van der Waals surface area contributed by atoms with Crippen LogP contribution in [0.3, 0.4) is 0 Å². The van der Waals surface area contributed by atoms with Crippen LogP contribution in [0.5, 0.6) is 0 Å². The summed E-state index contributed by atoms with van der Waals surface area (Å²) in [7, 11) is 1.16. The maximum atomic E-state index is 12.6. The highest BCUT2D eigenvalue weighted by Gasteiger charge is 2.70. The maximum absolute atomic E-state index is 12.6. The number of benzene rings is 1. The Hall–Kier alpha value is -1.21. The summed E-state index contributed by atoms with van der Waals surface area (Å²) in [5.41, 5.74) is 1.00. The van der Waals surface area contributed by atoms with Crippen molar-refractivity contribution in [1.29, 1.82) is 0 Å². The Labute approximate surface area is 157 Å². The number of methoxy groups -OCH3 is 2. The van der Waals surface area contributed by atoms with Gasteiger partial charge in [0.15, 0.2) is 14.1 Å². The molecular weight excluding hydrogens is 346 g/mol. The molecular formula is C20H31NO4Si. The first-order chi connectivity index (χ1) is 12.3. The molecule has 0 bridgehead atoms. The number of nitrogens with zero attached hydrogens (tertiary/aromatic N) is 1. The van der Waals surface area contributed by atoms with Gasteiger partial charge in [0.25, 0.3) is 0 Å². The highest BCUT2D eigenvalue weighted by Crippen LogP contribution is 2.57. The molecule has 3 rings (SSSR count). The fourth-order valence-electron chi connectivity index (χ4n) is 4.73. The molecule has 1 heterocycles. The molecule has 3 unspecified atom stereocenters. The topological polar surface area (TPSA) is 48.0 Å². The van der Waals surface area contributed by atoms with E-state index in [0.29, 0.717) is 0 Å². The summed E-state index contributed by atoms with van der Waals surface area (Å²) >= 11 is 0. The van der Waals surface area contributed by atoms with Crippen LogP contribution in [0, 0.1) is 5.92 Å². The minimum Gasteiger partial charge on any atom is -0.469 e. The van der Waals surface area contributed by atoms with Crippen molar-refractivity contribution in [3.63, 3.8) is 0 Å². The number of likely N-dealkylation sites (tertiary alicyclic amines) is 1. The Kier molecular flexibility index (Phi) is 5.32. The fourth-order valence-corrected chi connectivity index (χ4v) is 6.06. The molecule has 5 nitrogen and oxygen atoms in total. The quantitative estimate of drug-likeness (QED) is 0.432. The normalized spacial score (nSPS) is 31.8.